The summed E-state index contributed by atoms with van der Waals surface area (Å²) in [6, 6.07) is 8.12. The van der Waals surface area contributed by atoms with Crippen molar-refractivity contribution < 1.29 is 8.42 Å². The molecule has 3 rings (SSSR count). The molecule has 0 aliphatic carbocycles. The maximum absolute atomic E-state index is 12.3. The Labute approximate surface area is 146 Å². The Morgan fingerprint density at radius 1 is 1.22 bits per heavy atom. The number of nitrogens with zero attached hydrogens (tertiary/aromatic N) is 3. The highest BCUT2D eigenvalue weighted by molar-refractivity contribution is 7.93. The second-order valence-corrected chi connectivity index (χ2v) is 8.57. The predicted molar refractivity (Wildman–Crippen MR) is 91.6 cm³/mol. The van der Waals surface area contributed by atoms with Gasteiger partial charge in [0.05, 0.1) is 4.34 Å². The molecule has 0 spiro atoms. The van der Waals surface area contributed by atoms with Crippen molar-refractivity contribution in [2.45, 2.75) is 4.90 Å². The zero-order valence-corrected chi connectivity index (χ0v) is 14.8. The second-order valence-electron chi connectivity index (χ2n) is 4.64. The van der Waals surface area contributed by atoms with Crippen molar-refractivity contribution in [3.8, 4) is 11.4 Å². The first-order chi connectivity index (χ1) is 10.9. The Balaban J connectivity index is 1.86. The monoisotopic (exact) mass is 388 g/mol. The molecule has 2 heterocycles. The van der Waals surface area contributed by atoms with Crippen molar-refractivity contribution in [1.29, 1.82) is 0 Å². The molecule has 0 saturated carbocycles. The van der Waals surface area contributed by atoms with Crippen LogP contribution in [0.15, 0.2) is 41.6 Å². The van der Waals surface area contributed by atoms with Crippen molar-refractivity contribution in [3.63, 3.8) is 0 Å². The molecule has 0 aliphatic rings. The minimum absolute atomic E-state index is 0.0356. The predicted octanol–water partition coefficient (Wildman–Crippen LogP) is 3.65. The third kappa shape index (κ3) is 3.35. The zero-order chi connectivity index (χ0) is 16.6. The van der Waals surface area contributed by atoms with Gasteiger partial charge in [0.1, 0.15) is 15.6 Å². The Morgan fingerprint density at radius 3 is 2.43 bits per heavy atom. The van der Waals surface area contributed by atoms with Gasteiger partial charge in [0.15, 0.2) is 5.82 Å². The smallest absolute Gasteiger partial charge is 0.264 e. The quantitative estimate of drug-likeness (QED) is 0.739. The minimum atomic E-state index is -3.79. The maximum atomic E-state index is 12.3. The number of aromatic nitrogens is 3. The summed E-state index contributed by atoms with van der Waals surface area (Å²) in [7, 11) is -1.96. The SMILES string of the molecule is Cn1cnnc1-c1ccc(NS(=O)(=O)c2cc(Cl)sc2Cl)cc1. The number of hydrogen-bond donors (Lipinski definition) is 1. The topological polar surface area (TPSA) is 76.9 Å². The van der Waals surface area contributed by atoms with Crippen LogP contribution in [0.1, 0.15) is 0 Å². The molecular formula is C13H10Cl2N4O2S2. The summed E-state index contributed by atoms with van der Waals surface area (Å²) in [6.45, 7) is 0. The van der Waals surface area contributed by atoms with Crippen molar-refractivity contribution in [1.82, 2.24) is 14.8 Å². The first kappa shape index (κ1) is 16.3. The fraction of sp³-hybridized carbons (Fsp3) is 0.0769. The van der Waals surface area contributed by atoms with Crippen LogP contribution in [-0.4, -0.2) is 23.2 Å². The molecule has 0 fully saturated rings. The number of anilines is 1. The van der Waals surface area contributed by atoms with E-state index in [1.807, 2.05) is 7.05 Å². The van der Waals surface area contributed by atoms with Crippen LogP contribution in [0.25, 0.3) is 11.4 Å². The van der Waals surface area contributed by atoms with E-state index in [9.17, 15) is 8.42 Å². The van der Waals surface area contributed by atoms with Gasteiger partial charge < -0.3 is 4.57 Å². The Bertz CT molecular complexity index is 949. The van der Waals surface area contributed by atoms with Crippen molar-refractivity contribution in [3.05, 3.63) is 45.3 Å². The lowest BCUT2D eigenvalue weighted by Crippen LogP contribution is -2.12. The van der Waals surface area contributed by atoms with E-state index in [1.54, 1.807) is 35.2 Å². The number of hydrogen-bond acceptors (Lipinski definition) is 5. The number of benzene rings is 1. The van der Waals surface area contributed by atoms with E-state index in [1.165, 1.54) is 6.07 Å². The molecule has 1 N–H and O–H groups in total. The fourth-order valence-electron chi connectivity index (χ4n) is 1.95. The van der Waals surface area contributed by atoms with E-state index >= 15 is 0 Å². The molecule has 0 aliphatic heterocycles. The van der Waals surface area contributed by atoms with Gasteiger partial charge in [-0.1, -0.05) is 23.2 Å². The lowest BCUT2D eigenvalue weighted by atomic mass is 10.2. The van der Waals surface area contributed by atoms with Crippen LogP contribution in [0.5, 0.6) is 0 Å². The van der Waals surface area contributed by atoms with Crippen LogP contribution in [0.2, 0.25) is 8.67 Å². The Kier molecular flexibility index (Phi) is 4.33. The van der Waals surface area contributed by atoms with Gasteiger partial charge in [0.2, 0.25) is 0 Å². The zero-order valence-electron chi connectivity index (χ0n) is 11.7. The molecule has 1 aromatic carbocycles. The lowest BCUT2D eigenvalue weighted by Gasteiger charge is -2.08. The van der Waals surface area contributed by atoms with Gasteiger partial charge in [-0.25, -0.2) is 8.42 Å². The van der Waals surface area contributed by atoms with Gasteiger partial charge in [-0.2, -0.15) is 0 Å². The summed E-state index contributed by atoms with van der Waals surface area (Å²) >= 11 is 12.7. The molecule has 0 atom stereocenters. The first-order valence-corrected chi connectivity index (χ1v) is 9.34. The Morgan fingerprint density at radius 2 is 1.91 bits per heavy atom. The molecule has 0 saturated heterocycles. The van der Waals surface area contributed by atoms with Gasteiger partial charge in [-0.3, -0.25) is 4.72 Å². The highest BCUT2D eigenvalue weighted by Gasteiger charge is 2.21. The molecule has 23 heavy (non-hydrogen) atoms. The molecule has 0 bridgehead atoms. The highest BCUT2D eigenvalue weighted by atomic mass is 35.5. The van der Waals surface area contributed by atoms with Crippen molar-refractivity contribution >= 4 is 50.2 Å². The van der Waals surface area contributed by atoms with E-state index in [2.05, 4.69) is 14.9 Å². The standard InChI is InChI=1S/C13H10Cl2N4O2S2/c1-19-7-16-17-13(19)8-2-4-9(5-3-8)18-23(20,21)10-6-11(14)22-12(10)15/h2-7,18H,1H3. The van der Waals surface area contributed by atoms with Gasteiger partial charge in [-0.15, -0.1) is 21.5 Å². The minimum Gasteiger partial charge on any atom is -0.317 e. The van der Waals surface area contributed by atoms with Crippen molar-refractivity contribution in [2.75, 3.05) is 4.72 Å². The molecule has 6 nitrogen and oxygen atoms in total. The number of halogens is 2. The van der Waals surface area contributed by atoms with Crippen LogP contribution >= 0.6 is 34.5 Å². The molecule has 0 unspecified atom stereocenters. The normalized spacial score (nSPS) is 11.6. The first-order valence-electron chi connectivity index (χ1n) is 6.29. The average Bonchev–Trinajstić information content (AvgIpc) is 3.05. The largest absolute Gasteiger partial charge is 0.317 e. The summed E-state index contributed by atoms with van der Waals surface area (Å²) in [6.07, 6.45) is 1.59. The van der Waals surface area contributed by atoms with Gasteiger partial charge in [0.25, 0.3) is 10.0 Å². The summed E-state index contributed by atoms with van der Waals surface area (Å²) in [5, 5.41) is 7.80. The van der Waals surface area contributed by atoms with Gasteiger partial charge in [0, 0.05) is 18.3 Å². The molecular weight excluding hydrogens is 379 g/mol. The van der Waals surface area contributed by atoms with E-state index in [-0.39, 0.29) is 9.23 Å². The molecule has 0 radical (unpaired) electrons. The van der Waals surface area contributed by atoms with Crippen LogP contribution in [-0.2, 0) is 17.1 Å². The van der Waals surface area contributed by atoms with Gasteiger partial charge in [-0.05, 0) is 30.3 Å². The van der Waals surface area contributed by atoms with Crippen LogP contribution in [0, 0.1) is 0 Å². The number of aryl methyl sites for hydroxylation is 1. The molecule has 2 aromatic heterocycles. The van der Waals surface area contributed by atoms with Crippen molar-refractivity contribution in [2.24, 2.45) is 7.05 Å². The van der Waals surface area contributed by atoms with E-state index < -0.39 is 10.0 Å². The number of sulfonamides is 1. The summed E-state index contributed by atoms with van der Waals surface area (Å²) < 4.78 is 29.3. The van der Waals surface area contributed by atoms with Crippen LogP contribution < -0.4 is 4.72 Å². The maximum Gasteiger partial charge on any atom is 0.264 e. The van der Waals surface area contributed by atoms with Gasteiger partial charge >= 0.3 is 0 Å². The van der Waals surface area contributed by atoms with Crippen LogP contribution in [0.4, 0.5) is 5.69 Å². The third-order valence-corrected chi connectivity index (χ3v) is 6.16. The number of nitrogens with one attached hydrogen (secondary N) is 1. The average molecular weight is 389 g/mol. The second kappa shape index (κ2) is 6.12. The fourth-order valence-corrected chi connectivity index (χ4v) is 5.16. The lowest BCUT2D eigenvalue weighted by molar-refractivity contribution is 0.601. The summed E-state index contributed by atoms with van der Waals surface area (Å²) in [5.41, 5.74) is 1.24. The van der Waals surface area contributed by atoms with E-state index in [4.69, 9.17) is 23.2 Å². The van der Waals surface area contributed by atoms with Crippen LogP contribution in [0.3, 0.4) is 0 Å². The number of thiophene rings is 1. The summed E-state index contributed by atoms with van der Waals surface area (Å²) in [4.78, 5) is -0.0356. The number of rotatable bonds is 4. The Hall–Kier alpha value is -1.61. The summed E-state index contributed by atoms with van der Waals surface area (Å²) in [5.74, 6) is 0.687. The molecule has 120 valence electrons. The molecule has 3 aromatic rings. The highest BCUT2D eigenvalue weighted by Crippen LogP contribution is 2.35. The molecule has 0 amide bonds. The third-order valence-electron chi connectivity index (χ3n) is 3.02. The van der Waals surface area contributed by atoms with E-state index in [0.717, 1.165) is 16.9 Å². The molecule has 10 heteroatoms. The van der Waals surface area contributed by atoms with E-state index in [0.29, 0.717) is 15.8 Å².